The number of benzene rings is 1. The number of nitroso groups, excluding NO2 is 1. The van der Waals surface area contributed by atoms with Crippen molar-refractivity contribution in [2.75, 3.05) is 31.5 Å². The first kappa shape index (κ1) is 23.8. The molecule has 0 saturated carbocycles. The van der Waals surface area contributed by atoms with E-state index in [0.29, 0.717) is 31.3 Å². The second-order valence-electron chi connectivity index (χ2n) is 9.78. The standard InChI is InChI=1S/C24H33N7O3/c1-16(2)27-20-13-18(5-6-19(20)14-25)21-28-22(34-29-21)17-7-11-30(12-8-17)23(32)31-10-4-9-24(31,3)15-26-33/h5-6,13-14,16-17,25,27H,4,7-12,15H2,1-3H3. The molecular formula is C24H33N7O3. The summed E-state index contributed by atoms with van der Waals surface area (Å²) >= 11 is 0. The van der Waals surface area contributed by atoms with Crippen molar-refractivity contribution in [2.24, 2.45) is 5.18 Å². The summed E-state index contributed by atoms with van der Waals surface area (Å²) in [5, 5.41) is 18.2. The van der Waals surface area contributed by atoms with Crippen molar-refractivity contribution in [1.82, 2.24) is 19.9 Å². The Bertz CT molecular complexity index is 1040. The molecule has 10 heteroatoms. The largest absolute Gasteiger partial charge is 0.382 e. The highest BCUT2D eigenvalue weighted by Crippen LogP contribution is 2.33. The molecular weight excluding hydrogens is 434 g/mol. The van der Waals surface area contributed by atoms with E-state index in [1.165, 1.54) is 6.21 Å². The van der Waals surface area contributed by atoms with Crippen molar-refractivity contribution < 1.29 is 9.32 Å². The third-order valence-electron chi connectivity index (χ3n) is 6.85. The summed E-state index contributed by atoms with van der Waals surface area (Å²) in [4.78, 5) is 32.3. The van der Waals surface area contributed by atoms with Gasteiger partial charge >= 0.3 is 6.03 Å². The fourth-order valence-electron chi connectivity index (χ4n) is 4.92. The van der Waals surface area contributed by atoms with Crippen LogP contribution in [0, 0.1) is 10.3 Å². The Morgan fingerprint density at radius 2 is 2.12 bits per heavy atom. The van der Waals surface area contributed by atoms with Crippen LogP contribution in [-0.2, 0) is 0 Å². The normalized spacial score (nSPS) is 21.2. The molecule has 2 amide bonds. The number of aromatic nitrogens is 2. The van der Waals surface area contributed by atoms with Crippen LogP contribution < -0.4 is 5.32 Å². The molecule has 34 heavy (non-hydrogen) atoms. The van der Waals surface area contributed by atoms with Gasteiger partial charge in [-0.25, -0.2) is 4.79 Å². The second-order valence-corrected chi connectivity index (χ2v) is 9.78. The van der Waals surface area contributed by atoms with Gasteiger partial charge in [-0.1, -0.05) is 22.5 Å². The number of anilines is 1. The molecule has 0 radical (unpaired) electrons. The van der Waals surface area contributed by atoms with Crippen molar-refractivity contribution in [1.29, 1.82) is 5.41 Å². The Kier molecular flexibility index (Phi) is 6.95. The summed E-state index contributed by atoms with van der Waals surface area (Å²) in [6, 6.07) is 5.93. The summed E-state index contributed by atoms with van der Waals surface area (Å²) in [5.41, 5.74) is 2.01. The van der Waals surface area contributed by atoms with Gasteiger partial charge in [0, 0.05) is 54.6 Å². The Morgan fingerprint density at radius 1 is 1.35 bits per heavy atom. The number of nitrogens with one attached hydrogen (secondary N) is 2. The fraction of sp³-hybridized carbons (Fsp3) is 0.583. The summed E-state index contributed by atoms with van der Waals surface area (Å²) in [6.07, 6.45) is 4.52. The quantitative estimate of drug-likeness (QED) is 0.457. The molecule has 1 atom stereocenters. The number of urea groups is 1. The van der Waals surface area contributed by atoms with Gasteiger partial charge in [-0.15, -0.1) is 0 Å². The number of amides is 2. The van der Waals surface area contributed by atoms with Crippen LogP contribution in [-0.4, -0.2) is 69.9 Å². The molecule has 1 unspecified atom stereocenters. The number of hydrogen-bond donors (Lipinski definition) is 2. The number of piperidine rings is 1. The van der Waals surface area contributed by atoms with E-state index >= 15 is 0 Å². The van der Waals surface area contributed by atoms with E-state index in [0.717, 1.165) is 42.5 Å². The minimum atomic E-state index is -0.479. The summed E-state index contributed by atoms with van der Waals surface area (Å²) < 4.78 is 5.61. The molecule has 0 spiro atoms. The van der Waals surface area contributed by atoms with Crippen LogP contribution in [0.1, 0.15) is 63.8 Å². The zero-order valence-electron chi connectivity index (χ0n) is 20.1. The van der Waals surface area contributed by atoms with E-state index in [-0.39, 0.29) is 24.5 Å². The average molecular weight is 468 g/mol. The van der Waals surface area contributed by atoms with Crippen LogP contribution in [0.4, 0.5) is 10.5 Å². The Morgan fingerprint density at radius 3 is 2.79 bits per heavy atom. The minimum Gasteiger partial charge on any atom is -0.382 e. The summed E-state index contributed by atoms with van der Waals surface area (Å²) in [6.45, 7) is 8.07. The lowest BCUT2D eigenvalue weighted by Gasteiger charge is -2.39. The van der Waals surface area contributed by atoms with E-state index in [1.54, 1.807) is 0 Å². The van der Waals surface area contributed by atoms with Crippen LogP contribution in [0.3, 0.4) is 0 Å². The Balaban J connectivity index is 1.41. The minimum absolute atomic E-state index is 0.00946. The van der Waals surface area contributed by atoms with Gasteiger partial charge in [0.2, 0.25) is 11.7 Å². The van der Waals surface area contributed by atoms with Crippen molar-refractivity contribution in [3.63, 3.8) is 0 Å². The molecule has 1 aromatic heterocycles. The first-order valence-corrected chi connectivity index (χ1v) is 12.0. The third-order valence-corrected chi connectivity index (χ3v) is 6.85. The smallest absolute Gasteiger partial charge is 0.320 e. The Hall–Kier alpha value is -3.30. The number of carbonyl (C=O) groups is 1. The second kappa shape index (κ2) is 9.90. The number of carbonyl (C=O) groups excluding carboxylic acids is 1. The van der Waals surface area contributed by atoms with Crippen molar-refractivity contribution in [2.45, 2.75) is 64.0 Å². The highest BCUT2D eigenvalue weighted by atomic mass is 16.5. The molecule has 0 aliphatic carbocycles. The van der Waals surface area contributed by atoms with E-state index in [4.69, 9.17) is 9.93 Å². The topological polar surface area (TPSA) is 128 Å². The lowest BCUT2D eigenvalue weighted by atomic mass is 9.96. The average Bonchev–Trinajstić information content (AvgIpc) is 3.46. The van der Waals surface area contributed by atoms with Gasteiger partial charge in [-0.3, -0.25) is 0 Å². The van der Waals surface area contributed by atoms with Gasteiger partial charge in [0.15, 0.2) is 0 Å². The van der Waals surface area contributed by atoms with E-state index in [2.05, 4.69) is 20.6 Å². The summed E-state index contributed by atoms with van der Waals surface area (Å²) in [7, 11) is 0. The van der Waals surface area contributed by atoms with Gasteiger partial charge in [0.25, 0.3) is 0 Å². The maximum atomic E-state index is 13.1. The molecule has 10 nitrogen and oxygen atoms in total. The number of rotatable bonds is 7. The maximum Gasteiger partial charge on any atom is 0.320 e. The molecule has 4 rings (SSSR count). The van der Waals surface area contributed by atoms with Gasteiger partial charge < -0.3 is 25.0 Å². The fourth-order valence-corrected chi connectivity index (χ4v) is 4.92. The predicted molar refractivity (Wildman–Crippen MR) is 130 cm³/mol. The molecule has 182 valence electrons. The maximum absolute atomic E-state index is 13.1. The first-order chi connectivity index (χ1) is 16.3. The highest BCUT2D eigenvalue weighted by molar-refractivity contribution is 5.87. The van der Waals surface area contributed by atoms with Crippen molar-refractivity contribution in [3.8, 4) is 11.4 Å². The van der Waals surface area contributed by atoms with E-state index in [1.807, 2.05) is 48.8 Å². The molecule has 2 saturated heterocycles. The monoisotopic (exact) mass is 467 g/mol. The molecule has 2 aliphatic heterocycles. The van der Waals surface area contributed by atoms with Gasteiger partial charge in [-0.05, 0) is 52.5 Å². The molecule has 2 fully saturated rings. The lowest BCUT2D eigenvalue weighted by Crippen LogP contribution is -2.54. The van der Waals surface area contributed by atoms with Gasteiger partial charge in [-0.2, -0.15) is 9.89 Å². The lowest BCUT2D eigenvalue weighted by molar-refractivity contribution is 0.109. The SMILES string of the molecule is CC(C)Nc1cc(-c2noc(C3CCN(C(=O)N4CCCC4(C)CN=O)CC3)n2)ccc1C=N. The molecule has 0 bridgehead atoms. The Labute approximate surface area is 199 Å². The van der Waals surface area contributed by atoms with Crippen molar-refractivity contribution in [3.05, 3.63) is 34.6 Å². The molecule has 2 N–H and O–H groups in total. The van der Waals surface area contributed by atoms with Crippen molar-refractivity contribution >= 4 is 17.9 Å². The van der Waals surface area contributed by atoms with Crippen LogP contribution in [0.5, 0.6) is 0 Å². The van der Waals surface area contributed by atoms with Crippen LogP contribution >= 0.6 is 0 Å². The molecule has 2 aliphatic rings. The summed E-state index contributed by atoms with van der Waals surface area (Å²) in [5.74, 6) is 1.21. The molecule has 2 aromatic rings. The first-order valence-electron chi connectivity index (χ1n) is 12.0. The highest BCUT2D eigenvalue weighted by Gasteiger charge is 2.42. The third kappa shape index (κ3) is 4.80. The molecule has 1 aromatic carbocycles. The number of likely N-dealkylation sites (tertiary alicyclic amines) is 2. The van der Waals surface area contributed by atoms with Gasteiger partial charge in [0.05, 0.1) is 5.54 Å². The van der Waals surface area contributed by atoms with Crippen LogP contribution in [0.25, 0.3) is 11.4 Å². The zero-order chi connectivity index (χ0) is 24.3. The van der Waals surface area contributed by atoms with Crippen LogP contribution in [0.2, 0.25) is 0 Å². The molecule has 3 heterocycles. The van der Waals surface area contributed by atoms with Gasteiger partial charge in [0.1, 0.15) is 6.54 Å². The van der Waals surface area contributed by atoms with E-state index in [9.17, 15) is 9.70 Å². The number of hydrogen-bond acceptors (Lipinski definition) is 8. The predicted octanol–water partition coefficient (Wildman–Crippen LogP) is 4.47. The zero-order valence-corrected chi connectivity index (χ0v) is 20.1. The number of nitrogens with zero attached hydrogens (tertiary/aromatic N) is 5. The van der Waals surface area contributed by atoms with E-state index < -0.39 is 5.54 Å². The van der Waals surface area contributed by atoms with Crippen LogP contribution in [0.15, 0.2) is 27.9 Å².